The first-order valence-corrected chi connectivity index (χ1v) is 10.7. The molecule has 1 heterocycles. The third-order valence-corrected chi connectivity index (χ3v) is 5.78. The molecule has 0 bridgehead atoms. The molecule has 5 heteroatoms. The SMILES string of the molecule is COC(=O)c1sc(C#CC(C)(C)C)cc1N(NC1CCC(C)CC1)C(C)C. The van der Waals surface area contributed by atoms with Gasteiger partial charge in [-0.1, -0.05) is 18.8 Å². The monoisotopic (exact) mass is 390 g/mol. The lowest BCUT2D eigenvalue weighted by Crippen LogP contribution is -2.50. The second-order valence-electron chi connectivity index (χ2n) is 8.87. The summed E-state index contributed by atoms with van der Waals surface area (Å²) in [6, 6.07) is 2.68. The number of nitrogens with zero attached hydrogens (tertiary/aromatic N) is 1. The molecule has 0 spiro atoms. The number of hydrogen-bond acceptors (Lipinski definition) is 5. The maximum atomic E-state index is 12.4. The summed E-state index contributed by atoms with van der Waals surface area (Å²) in [7, 11) is 1.43. The van der Waals surface area contributed by atoms with Crippen molar-refractivity contribution in [3.05, 3.63) is 15.8 Å². The van der Waals surface area contributed by atoms with Crippen molar-refractivity contribution < 1.29 is 9.53 Å². The molecule has 1 saturated carbocycles. The van der Waals surface area contributed by atoms with Gasteiger partial charge >= 0.3 is 5.97 Å². The van der Waals surface area contributed by atoms with Gasteiger partial charge in [0.05, 0.1) is 17.7 Å². The minimum atomic E-state index is -0.302. The predicted octanol–water partition coefficient (Wildman–Crippen LogP) is 5.23. The van der Waals surface area contributed by atoms with Crippen LogP contribution in [0.2, 0.25) is 0 Å². The molecular weight excluding hydrogens is 356 g/mol. The summed E-state index contributed by atoms with van der Waals surface area (Å²) in [5, 5.41) is 2.13. The van der Waals surface area contributed by atoms with E-state index in [1.54, 1.807) is 0 Å². The summed E-state index contributed by atoms with van der Waals surface area (Å²) in [4.78, 5) is 13.9. The van der Waals surface area contributed by atoms with Gasteiger partial charge in [0, 0.05) is 17.5 Å². The van der Waals surface area contributed by atoms with E-state index in [9.17, 15) is 4.79 Å². The highest BCUT2D eigenvalue weighted by atomic mass is 32.1. The van der Waals surface area contributed by atoms with Crippen LogP contribution in [0.3, 0.4) is 0 Å². The Morgan fingerprint density at radius 1 is 1.30 bits per heavy atom. The second kappa shape index (κ2) is 9.12. The molecule has 1 N–H and O–H groups in total. The highest BCUT2D eigenvalue weighted by Crippen LogP contribution is 2.33. The Morgan fingerprint density at radius 2 is 1.93 bits per heavy atom. The number of ether oxygens (including phenoxy) is 1. The molecule has 1 aromatic heterocycles. The molecular formula is C22H34N2O2S. The third-order valence-electron chi connectivity index (χ3n) is 4.76. The van der Waals surface area contributed by atoms with E-state index in [1.807, 2.05) is 6.07 Å². The first kappa shape index (κ1) is 21.8. The Morgan fingerprint density at radius 3 is 2.44 bits per heavy atom. The number of carbonyl (C=O) groups is 1. The van der Waals surface area contributed by atoms with Gasteiger partial charge in [-0.2, -0.15) is 0 Å². The van der Waals surface area contributed by atoms with E-state index < -0.39 is 0 Å². The Balaban J connectivity index is 2.33. The molecule has 1 aromatic rings. The molecule has 27 heavy (non-hydrogen) atoms. The zero-order valence-corrected chi connectivity index (χ0v) is 18.6. The number of hydrogen-bond donors (Lipinski definition) is 1. The molecule has 0 aliphatic heterocycles. The number of hydrazine groups is 1. The van der Waals surface area contributed by atoms with Gasteiger partial charge in [0.15, 0.2) is 0 Å². The van der Waals surface area contributed by atoms with Crippen molar-refractivity contribution in [3.8, 4) is 11.8 Å². The number of anilines is 1. The molecule has 2 rings (SSSR count). The highest BCUT2D eigenvalue weighted by Gasteiger charge is 2.26. The quantitative estimate of drug-likeness (QED) is 0.425. The van der Waals surface area contributed by atoms with Crippen LogP contribution in [-0.4, -0.2) is 25.2 Å². The minimum absolute atomic E-state index is 0.0790. The van der Waals surface area contributed by atoms with Crippen LogP contribution in [0.4, 0.5) is 5.69 Å². The van der Waals surface area contributed by atoms with Gasteiger partial charge in [-0.3, -0.25) is 0 Å². The number of thiophene rings is 1. The lowest BCUT2D eigenvalue weighted by molar-refractivity contribution is 0.0606. The van der Waals surface area contributed by atoms with Gasteiger partial charge in [-0.15, -0.1) is 11.3 Å². The van der Waals surface area contributed by atoms with Crippen molar-refractivity contribution in [2.45, 2.75) is 79.3 Å². The smallest absolute Gasteiger partial charge is 0.350 e. The molecule has 0 amide bonds. The highest BCUT2D eigenvalue weighted by molar-refractivity contribution is 7.15. The number of carbonyl (C=O) groups excluding carboxylic acids is 1. The first-order chi connectivity index (χ1) is 12.6. The number of esters is 1. The van der Waals surface area contributed by atoms with Gasteiger partial charge in [0.2, 0.25) is 0 Å². The Labute approximate surface area is 168 Å². The van der Waals surface area contributed by atoms with E-state index in [0.717, 1.165) is 16.5 Å². The van der Waals surface area contributed by atoms with Crippen molar-refractivity contribution in [2.75, 3.05) is 12.1 Å². The Kier molecular flexibility index (Phi) is 7.36. The summed E-state index contributed by atoms with van der Waals surface area (Å²) in [6.45, 7) is 12.9. The summed E-state index contributed by atoms with van der Waals surface area (Å²) in [6.07, 6.45) is 4.83. The maximum absolute atomic E-state index is 12.4. The summed E-state index contributed by atoms with van der Waals surface area (Å²) in [5.74, 6) is 7.00. The van der Waals surface area contributed by atoms with Crippen molar-refractivity contribution in [3.63, 3.8) is 0 Å². The third kappa shape index (κ3) is 6.26. The van der Waals surface area contributed by atoms with Crippen molar-refractivity contribution >= 4 is 23.0 Å². The van der Waals surface area contributed by atoms with Crippen molar-refractivity contribution in [1.82, 2.24) is 5.43 Å². The van der Waals surface area contributed by atoms with E-state index in [4.69, 9.17) is 4.74 Å². The summed E-state index contributed by atoms with van der Waals surface area (Å²) >= 11 is 1.41. The standard InChI is InChI=1S/C22H34N2O2S/c1-15(2)24(23-17-10-8-16(3)9-11-17)19-14-18(12-13-22(4,5)6)27-20(19)21(25)26-7/h14-17,23H,8-11H2,1-7H3. The summed E-state index contributed by atoms with van der Waals surface area (Å²) in [5.41, 5.74) is 4.48. The van der Waals surface area contributed by atoms with E-state index in [2.05, 4.69) is 63.8 Å². The largest absolute Gasteiger partial charge is 0.465 e. The first-order valence-electron chi connectivity index (χ1n) is 9.91. The molecule has 0 aromatic carbocycles. The number of rotatable bonds is 5. The van der Waals surface area contributed by atoms with Gasteiger partial charge in [-0.25, -0.2) is 10.2 Å². The van der Waals surface area contributed by atoms with Crippen LogP contribution in [0, 0.1) is 23.2 Å². The molecule has 0 radical (unpaired) electrons. The molecule has 150 valence electrons. The fourth-order valence-corrected chi connectivity index (χ4v) is 4.11. The predicted molar refractivity (Wildman–Crippen MR) is 114 cm³/mol. The molecule has 1 fully saturated rings. The van der Waals surface area contributed by atoms with Crippen molar-refractivity contribution in [1.29, 1.82) is 0 Å². The van der Waals surface area contributed by atoms with E-state index >= 15 is 0 Å². The van der Waals surface area contributed by atoms with Crippen LogP contribution in [0.1, 0.15) is 81.8 Å². The lowest BCUT2D eigenvalue weighted by Gasteiger charge is -2.36. The average molecular weight is 391 g/mol. The van der Waals surface area contributed by atoms with E-state index in [1.165, 1.54) is 44.1 Å². The van der Waals surface area contributed by atoms with Gasteiger partial charge in [0.25, 0.3) is 0 Å². The minimum Gasteiger partial charge on any atom is -0.465 e. The average Bonchev–Trinajstić information content (AvgIpc) is 3.02. The molecule has 1 aliphatic rings. The van der Waals surface area contributed by atoms with Crippen LogP contribution in [0.25, 0.3) is 0 Å². The molecule has 4 nitrogen and oxygen atoms in total. The Bertz CT molecular complexity index is 698. The lowest BCUT2D eigenvalue weighted by atomic mass is 9.88. The summed E-state index contributed by atoms with van der Waals surface area (Å²) < 4.78 is 5.04. The van der Waals surface area contributed by atoms with Gasteiger partial charge in [0.1, 0.15) is 4.88 Å². The van der Waals surface area contributed by atoms with E-state index in [0.29, 0.717) is 10.9 Å². The van der Waals surface area contributed by atoms with Crippen LogP contribution in [0.15, 0.2) is 6.07 Å². The van der Waals surface area contributed by atoms with Crippen LogP contribution >= 0.6 is 11.3 Å². The van der Waals surface area contributed by atoms with Crippen LogP contribution in [0.5, 0.6) is 0 Å². The van der Waals surface area contributed by atoms with Gasteiger partial charge in [-0.05, 0) is 72.3 Å². The molecule has 0 unspecified atom stereocenters. The fourth-order valence-electron chi connectivity index (χ4n) is 3.19. The Hall–Kier alpha value is -1.51. The van der Waals surface area contributed by atoms with Gasteiger partial charge < -0.3 is 9.75 Å². The molecule has 1 aliphatic carbocycles. The van der Waals surface area contributed by atoms with Crippen molar-refractivity contribution in [2.24, 2.45) is 11.3 Å². The van der Waals surface area contributed by atoms with E-state index in [-0.39, 0.29) is 17.4 Å². The normalized spacial score (nSPS) is 20.1. The zero-order valence-electron chi connectivity index (χ0n) is 17.8. The molecule has 0 saturated heterocycles. The van der Waals surface area contributed by atoms with Crippen LogP contribution < -0.4 is 10.4 Å². The second-order valence-corrected chi connectivity index (χ2v) is 9.92. The van der Waals surface area contributed by atoms with Crippen LogP contribution in [-0.2, 0) is 4.74 Å². The maximum Gasteiger partial charge on any atom is 0.350 e. The molecule has 0 atom stereocenters. The fraction of sp³-hybridized carbons (Fsp3) is 0.682. The number of methoxy groups -OCH3 is 1. The number of nitrogens with one attached hydrogen (secondary N) is 1. The zero-order chi connectivity index (χ0) is 20.2. The topological polar surface area (TPSA) is 41.6 Å².